The van der Waals surface area contributed by atoms with Crippen molar-refractivity contribution in [3.05, 3.63) is 174 Å². The number of furan rings is 1. The van der Waals surface area contributed by atoms with E-state index in [0.717, 1.165) is 55.7 Å². The van der Waals surface area contributed by atoms with Crippen LogP contribution in [0.1, 0.15) is 29.0 Å². The second kappa shape index (κ2) is 10.7. The molecule has 0 saturated carbocycles. The van der Waals surface area contributed by atoms with Gasteiger partial charge in [0.2, 0.25) is 0 Å². The lowest BCUT2D eigenvalue weighted by Gasteiger charge is -2.32. The van der Waals surface area contributed by atoms with Crippen LogP contribution in [0.3, 0.4) is 0 Å². The van der Waals surface area contributed by atoms with E-state index in [4.69, 9.17) is 9.41 Å². The fraction of sp³-hybridized carbons (Fsp3) is 0.0465. The first kappa shape index (κ1) is 27.0. The molecule has 1 aliphatic heterocycles. The molecule has 1 aliphatic rings. The zero-order chi connectivity index (χ0) is 31.6. The van der Waals surface area contributed by atoms with Gasteiger partial charge in [-0.25, -0.2) is 4.99 Å². The summed E-state index contributed by atoms with van der Waals surface area (Å²) >= 11 is 0. The standard InChI is InChI=1S/C43H30N4O/c1-3-14-28(15-4-1)41-44-42(32-21-11-16-27-13-7-8-19-30(27)32)46-43(45-41)33-22-12-24-38-40(33)35-25-34-31-20-9-10-23-36(31)47(29-17-5-2-6-18-29)37(34)26-39(35)48-38/h1-26,41,43,45H,(H,44,46). The molecular weight excluding hydrogens is 589 g/mol. The summed E-state index contributed by atoms with van der Waals surface area (Å²) in [6.07, 6.45) is -0.470. The van der Waals surface area contributed by atoms with Crippen LogP contribution in [0.25, 0.3) is 60.2 Å². The van der Waals surface area contributed by atoms with Crippen molar-refractivity contribution in [3.63, 3.8) is 0 Å². The minimum Gasteiger partial charge on any atom is -0.456 e. The molecular formula is C43H30N4O. The largest absolute Gasteiger partial charge is 0.456 e. The Morgan fingerprint density at radius 1 is 0.562 bits per heavy atom. The van der Waals surface area contributed by atoms with Crippen LogP contribution in [-0.2, 0) is 0 Å². The molecule has 0 aliphatic carbocycles. The summed E-state index contributed by atoms with van der Waals surface area (Å²) in [5, 5.41) is 14.6. The number of nitrogens with one attached hydrogen (secondary N) is 2. The molecule has 0 bridgehead atoms. The van der Waals surface area contributed by atoms with Gasteiger partial charge in [-0.3, -0.25) is 5.32 Å². The highest BCUT2D eigenvalue weighted by Crippen LogP contribution is 2.41. The van der Waals surface area contributed by atoms with Gasteiger partial charge in [-0.1, -0.05) is 121 Å². The van der Waals surface area contributed by atoms with Crippen LogP contribution in [-0.4, -0.2) is 10.4 Å². The van der Waals surface area contributed by atoms with E-state index >= 15 is 0 Å². The number of rotatable bonds is 4. The number of aromatic nitrogens is 1. The topological polar surface area (TPSA) is 54.5 Å². The fourth-order valence-electron chi connectivity index (χ4n) is 7.50. The zero-order valence-corrected chi connectivity index (χ0v) is 26.0. The predicted molar refractivity (Wildman–Crippen MR) is 197 cm³/mol. The lowest BCUT2D eigenvalue weighted by Crippen LogP contribution is -2.45. The van der Waals surface area contributed by atoms with E-state index in [0.29, 0.717) is 0 Å². The highest BCUT2D eigenvalue weighted by molar-refractivity contribution is 6.18. The van der Waals surface area contributed by atoms with Gasteiger partial charge in [0.25, 0.3) is 0 Å². The van der Waals surface area contributed by atoms with Crippen LogP contribution in [0.15, 0.2) is 167 Å². The maximum absolute atomic E-state index is 6.66. The maximum atomic E-state index is 6.66. The van der Waals surface area contributed by atoms with Crippen molar-refractivity contribution in [2.24, 2.45) is 4.99 Å². The Labute approximate surface area is 276 Å². The van der Waals surface area contributed by atoms with E-state index in [-0.39, 0.29) is 12.3 Å². The summed E-state index contributed by atoms with van der Waals surface area (Å²) in [5.41, 5.74) is 8.46. The van der Waals surface area contributed by atoms with Crippen molar-refractivity contribution in [2.75, 3.05) is 0 Å². The van der Waals surface area contributed by atoms with E-state index in [1.807, 2.05) is 6.07 Å². The molecule has 0 spiro atoms. The monoisotopic (exact) mass is 618 g/mol. The van der Waals surface area contributed by atoms with Crippen LogP contribution < -0.4 is 10.6 Å². The third-order valence-corrected chi connectivity index (χ3v) is 9.67. The van der Waals surface area contributed by atoms with Gasteiger partial charge in [0.1, 0.15) is 29.3 Å². The Bertz CT molecular complexity index is 2680. The van der Waals surface area contributed by atoms with E-state index in [9.17, 15) is 0 Å². The van der Waals surface area contributed by atoms with Crippen molar-refractivity contribution in [1.82, 2.24) is 15.2 Å². The van der Waals surface area contributed by atoms with E-state index in [1.165, 1.54) is 27.1 Å². The number of amidine groups is 1. The quantitative estimate of drug-likeness (QED) is 0.206. The normalized spacial score (nSPS) is 16.5. The Kier molecular flexibility index (Phi) is 6.01. The second-order valence-electron chi connectivity index (χ2n) is 12.4. The van der Waals surface area contributed by atoms with Crippen molar-refractivity contribution < 1.29 is 4.42 Å². The zero-order valence-electron chi connectivity index (χ0n) is 26.0. The number of hydrogen-bond donors (Lipinski definition) is 2. The number of benzene rings is 7. The van der Waals surface area contributed by atoms with Crippen LogP contribution in [0.4, 0.5) is 0 Å². The van der Waals surface area contributed by atoms with Gasteiger partial charge in [-0.2, -0.15) is 0 Å². The van der Waals surface area contributed by atoms with Gasteiger partial charge in [0.05, 0.1) is 11.0 Å². The summed E-state index contributed by atoms with van der Waals surface area (Å²) in [4.78, 5) is 5.25. The molecule has 2 aromatic heterocycles. The van der Waals surface area contributed by atoms with Crippen LogP contribution in [0.2, 0.25) is 0 Å². The van der Waals surface area contributed by atoms with Gasteiger partial charge >= 0.3 is 0 Å². The van der Waals surface area contributed by atoms with Crippen LogP contribution >= 0.6 is 0 Å². The van der Waals surface area contributed by atoms with Crippen LogP contribution in [0.5, 0.6) is 0 Å². The summed E-state index contributed by atoms with van der Waals surface area (Å²) < 4.78 is 8.99. The first-order valence-electron chi connectivity index (χ1n) is 16.4. The number of aliphatic imine (C=N–C) groups is 1. The SMILES string of the molecule is c1ccc(C2N=C(c3cccc4ccccc34)NC(c3cccc4oc5cc6c(cc5c34)c3ccccc3n6-c3ccccc3)N2)cc1. The van der Waals surface area contributed by atoms with Crippen molar-refractivity contribution in [2.45, 2.75) is 12.3 Å². The molecule has 5 heteroatoms. The molecule has 0 fully saturated rings. The molecule has 7 aromatic carbocycles. The summed E-state index contributed by atoms with van der Waals surface area (Å²) in [7, 11) is 0. The summed E-state index contributed by atoms with van der Waals surface area (Å²) in [6, 6.07) is 55.5. The highest BCUT2D eigenvalue weighted by atomic mass is 16.3. The number of para-hydroxylation sites is 2. The molecule has 9 aromatic rings. The Morgan fingerprint density at radius 2 is 1.29 bits per heavy atom. The van der Waals surface area contributed by atoms with Crippen LogP contribution in [0, 0.1) is 0 Å². The Morgan fingerprint density at radius 3 is 2.17 bits per heavy atom. The molecule has 3 heterocycles. The van der Waals surface area contributed by atoms with Gasteiger partial charge in [0.15, 0.2) is 0 Å². The molecule has 228 valence electrons. The molecule has 5 nitrogen and oxygen atoms in total. The minimum absolute atomic E-state index is 0.229. The second-order valence-corrected chi connectivity index (χ2v) is 12.4. The molecule has 2 atom stereocenters. The third kappa shape index (κ3) is 4.18. The van der Waals surface area contributed by atoms with Crippen molar-refractivity contribution in [3.8, 4) is 5.69 Å². The molecule has 2 N–H and O–H groups in total. The summed E-state index contributed by atoms with van der Waals surface area (Å²) in [5.74, 6) is 0.863. The lowest BCUT2D eigenvalue weighted by atomic mass is 9.99. The molecule has 0 saturated heterocycles. The van der Waals surface area contributed by atoms with E-state index in [2.05, 4.69) is 167 Å². The number of hydrogen-bond acceptors (Lipinski definition) is 4. The fourth-order valence-corrected chi connectivity index (χ4v) is 7.50. The molecule has 48 heavy (non-hydrogen) atoms. The molecule has 0 radical (unpaired) electrons. The Hall–Kier alpha value is -6.17. The van der Waals surface area contributed by atoms with Crippen molar-refractivity contribution in [1.29, 1.82) is 0 Å². The maximum Gasteiger partial charge on any atom is 0.137 e. The number of fused-ring (bicyclic) bond motifs is 7. The summed E-state index contributed by atoms with van der Waals surface area (Å²) in [6.45, 7) is 0. The first-order chi connectivity index (χ1) is 23.8. The Balaban J connectivity index is 1.18. The van der Waals surface area contributed by atoms with E-state index < -0.39 is 0 Å². The average molecular weight is 619 g/mol. The molecule has 2 unspecified atom stereocenters. The molecule has 0 amide bonds. The smallest absolute Gasteiger partial charge is 0.137 e. The molecule has 10 rings (SSSR count). The highest BCUT2D eigenvalue weighted by Gasteiger charge is 2.28. The van der Waals surface area contributed by atoms with Gasteiger partial charge in [0, 0.05) is 44.4 Å². The van der Waals surface area contributed by atoms with E-state index in [1.54, 1.807) is 0 Å². The average Bonchev–Trinajstić information content (AvgIpc) is 3.69. The van der Waals surface area contributed by atoms with Crippen molar-refractivity contribution >= 4 is 60.4 Å². The third-order valence-electron chi connectivity index (χ3n) is 9.67. The van der Waals surface area contributed by atoms with Gasteiger partial charge in [-0.05, 0) is 46.7 Å². The number of nitrogens with zero attached hydrogens (tertiary/aromatic N) is 2. The first-order valence-corrected chi connectivity index (χ1v) is 16.4. The minimum atomic E-state index is -0.240. The van der Waals surface area contributed by atoms with Gasteiger partial charge < -0.3 is 14.3 Å². The lowest BCUT2D eigenvalue weighted by molar-refractivity contribution is 0.411. The predicted octanol–water partition coefficient (Wildman–Crippen LogP) is 10.2. The van der Waals surface area contributed by atoms with Gasteiger partial charge in [-0.15, -0.1) is 0 Å².